The quantitative estimate of drug-likeness (QED) is 0.779. The van der Waals surface area contributed by atoms with Crippen molar-refractivity contribution in [3.8, 4) is 0 Å². The largest absolute Gasteiger partial charge is 0.367 e. The summed E-state index contributed by atoms with van der Waals surface area (Å²) in [6.07, 6.45) is 3.14. The number of rotatable bonds is 2. The van der Waals surface area contributed by atoms with Crippen molar-refractivity contribution in [3.63, 3.8) is 0 Å². The van der Waals surface area contributed by atoms with Crippen LogP contribution in [0, 0.1) is 0 Å². The van der Waals surface area contributed by atoms with E-state index in [4.69, 9.17) is 14.2 Å². The number of epoxide rings is 1. The van der Waals surface area contributed by atoms with E-state index >= 15 is 0 Å². The third-order valence-corrected chi connectivity index (χ3v) is 4.90. The minimum atomic E-state index is -0.264. The molecular weight excluding hydrogens is 308 g/mol. The summed E-state index contributed by atoms with van der Waals surface area (Å²) < 4.78 is 19.0. The van der Waals surface area contributed by atoms with Crippen LogP contribution in [0.25, 0.3) is 0 Å². The molecule has 0 bridgehead atoms. The second-order valence-electron chi connectivity index (χ2n) is 6.12. The molecule has 0 N–H and O–H groups in total. The summed E-state index contributed by atoms with van der Waals surface area (Å²) in [5.41, 5.74) is 1.03. The lowest BCUT2D eigenvalue weighted by molar-refractivity contribution is -0.268. The highest BCUT2D eigenvalue weighted by atomic mass is 79.9. The standard InChI is InChI=1S/C15H17BrO3/c1-14(9-17-14)12-8-15(5-6-15)19-13(18-12)10-3-2-4-11(16)7-10/h2-4,7,12-13H,5-6,8-9H2,1H3. The Kier molecular flexibility index (Phi) is 2.62. The Morgan fingerprint density at radius 3 is 2.74 bits per heavy atom. The maximum absolute atomic E-state index is 6.18. The second-order valence-corrected chi connectivity index (χ2v) is 7.03. The number of hydrogen-bond acceptors (Lipinski definition) is 3. The summed E-state index contributed by atoms with van der Waals surface area (Å²) in [4.78, 5) is 0. The average molecular weight is 325 g/mol. The van der Waals surface area contributed by atoms with Crippen LogP contribution < -0.4 is 0 Å². The molecule has 1 aliphatic carbocycles. The molecule has 3 fully saturated rings. The van der Waals surface area contributed by atoms with Crippen LogP contribution in [0.4, 0.5) is 0 Å². The molecule has 3 aliphatic rings. The fourth-order valence-corrected chi connectivity index (χ4v) is 3.18. The minimum absolute atomic E-state index is 0.0465. The summed E-state index contributed by atoms with van der Waals surface area (Å²) in [5.74, 6) is 0. The average Bonchev–Trinajstić information content (AvgIpc) is 3.30. The maximum Gasteiger partial charge on any atom is 0.184 e. The third-order valence-electron chi connectivity index (χ3n) is 4.41. The van der Waals surface area contributed by atoms with Gasteiger partial charge in [0.25, 0.3) is 0 Å². The zero-order valence-electron chi connectivity index (χ0n) is 10.9. The first-order chi connectivity index (χ1) is 9.09. The molecule has 3 nitrogen and oxygen atoms in total. The van der Waals surface area contributed by atoms with E-state index < -0.39 is 0 Å². The first-order valence-electron chi connectivity index (χ1n) is 6.81. The molecule has 1 aromatic rings. The summed E-state index contributed by atoms with van der Waals surface area (Å²) in [5, 5.41) is 0. The summed E-state index contributed by atoms with van der Waals surface area (Å²) in [7, 11) is 0. The van der Waals surface area contributed by atoms with Crippen LogP contribution in [0.1, 0.15) is 38.0 Å². The molecule has 0 radical (unpaired) electrons. The van der Waals surface area contributed by atoms with Gasteiger partial charge >= 0.3 is 0 Å². The van der Waals surface area contributed by atoms with E-state index in [1.165, 1.54) is 0 Å². The summed E-state index contributed by atoms with van der Waals surface area (Å²) in [6.45, 7) is 2.94. The lowest BCUT2D eigenvalue weighted by atomic mass is 9.97. The fraction of sp³-hybridized carbons (Fsp3) is 0.600. The highest BCUT2D eigenvalue weighted by molar-refractivity contribution is 9.10. The molecule has 0 aromatic heterocycles. The van der Waals surface area contributed by atoms with Gasteiger partial charge in [0.1, 0.15) is 5.60 Å². The monoisotopic (exact) mass is 324 g/mol. The van der Waals surface area contributed by atoms with Gasteiger partial charge in [0, 0.05) is 16.5 Å². The summed E-state index contributed by atoms with van der Waals surface area (Å²) >= 11 is 3.50. The van der Waals surface area contributed by atoms with E-state index in [0.717, 1.165) is 35.9 Å². The number of hydrogen-bond donors (Lipinski definition) is 0. The highest BCUT2D eigenvalue weighted by Gasteiger charge is 2.59. The molecule has 3 atom stereocenters. The summed E-state index contributed by atoms with van der Waals surface area (Å²) in [6, 6.07) is 8.16. The molecule has 19 heavy (non-hydrogen) atoms. The molecule has 0 amide bonds. The molecule has 1 saturated carbocycles. The van der Waals surface area contributed by atoms with Gasteiger partial charge in [-0.25, -0.2) is 0 Å². The molecule has 1 spiro atoms. The van der Waals surface area contributed by atoms with Gasteiger partial charge in [0.2, 0.25) is 0 Å². The molecule has 2 saturated heterocycles. The van der Waals surface area contributed by atoms with Crippen molar-refractivity contribution in [2.75, 3.05) is 6.61 Å². The molecule has 4 heteroatoms. The number of halogens is 1. The van der Waals surface area contributed by atoms with E-state index in [0.29, 0.717) is 0 Å². The Morgan fingerprint density at radius 1 is 1.32 bits per heavy atom. The Bertz CT molecular complexity index is 508. The van der Waals surface area contributed by atoms with E-state index in [9.17, 15) is 0 Å². The number of benzene rings is 1. The fourth-order valence-electron chi connectivity index (χ4n) is 2.76. The van der Waals surface area contributed by atoms with Gasteiger partial charge < -0.3 is 14.2 Å². The van der Waals surface area contributed by atoms with Crippen molar-refractivity contribution in [2.24, 2.45) is 0 Å². The maximum atomic E-state index is 6.18. The second kappa shape index (κ2) is 4.04. The van der Waals surface area contributed by atoms with Crippen LogP contribution in [0.3, 0.4) is 0 Å². The van der Waals surface area contributed by atoms with Crippen molar-refractivity contribution in [1.29, 1.82) is 0 Å². The van der Waals surface area contributed by atoms with Crippen LogP contribution in [-0.2, 0) is 14.2 Å². The van der Waals surface area contributed by atoms with Gasteiger partial charge in [0.05, 0.1) is 18.3 Å². The molecule has 102 valence electrons. The van der Waals surface area contributed by atoms with Crippen molar-refractivity contribution < 1.29 is 14.2 Å². The lowest BCUT2D eigenvalue weighted by Crippen LogP contribution is -2.42. The molecule has 2 aliphatic heterocycles. The molecule has 1 aromatic carbocycles. The Balaban J connectivity index is 1.61. The Hall–Kier alpha value is -0.420. The molecule has 3 unspecified atom stereocenters. The van der Waals surface area contributed by atoms with Crippen LogP contribution >= 0.6 is 15.9 Å². The van der Waals surface area contributed by atoms with Crippen molar-refractivity contribution in [2.45, 2.75) is 49.8 Å². The first kappa shape index (κ1) is 12.3. The predicted octanol–water partition coefficient (Wildman–Crippen LogP) is 3.57. The lowest BCUT2D eigenvalue weighted by Gasteiger charge is -2.38. The van der Waals surface area contributed by atoms with Gasteiger partial charge in [-0.3, -0.25) is 0 Å². The zero-order valence-corrected chi connectivity index (χ0v) is 12.5. The van der Waals surface area contributed by atoms with E-state index in [-0.39, 0.29) is 23.6 Å². The Morgan fingerprint density at radius 2 is 2.11 bits per heavy atom. The smallest absolute Gasteiger partial charge is 0.184 e. The van der Waals surface area contributed by atoms with Gasteiger partial charge in [-0.15, -0.1) is 0 Å². The van der Waals surface area contributed by atoms with Crippen LogP contribution in [0.2, 0.25) is 0 Å². The van der Waals surface area contributed by atoms with Crippen molar-refractivity contribution in [1.82, 2.24) is 0 Å². The van der Waals surface area contributed by atoms with Gasteiger partial charge in [-0.1, -0.05) is 28.1 Å². The molecular formula is C15H17BrO3. The van der Waals surface area contributed by atoms with E-state index in [1.54, 1.807) is 0 Å². The van der Waals surface area contributed by atoms with Crippen molar-refractivity contribution in [3.05, 3.63) is 34.3 Å². The first-order valence-corrected chi connectivity index (χ1v) is 7.61. The van der Waals surface area contributed by atoms with E-state index in [2.05, 4.69) is 35.0 Å². The van der Waals surface area contributed by atoms with Crippen molar-refractivity contribution >= 4 is 15.9 Å². The minimum Gasteiger partial charge on any atom is -0.367 e. The van der Waals surface area contributed by atoms with E-state index in [1.807, 2.05) is 12.1 Å². The van der Waals surface area contributed by atoms with Gasteiger partial charge in [0.15, 0.2) is 6.29 Å². The number of ether oxygens (including phenoxy) is 3. The third kappa shape index (κ3) is 2.25. The van der Waals surface area contributed by atoms with Crippen LogP contribution in [0.15, 0.2) is 28.7 Å². The zero-order chi connectivity index (χ0) is 13.1. The molecule has 2 heterocycles. The van der Waals surface area contributed by atoms with Gasteiger partial charge in [-0.2, -0.15) is 0 Å². The molecule has 4 rings (SSSR count). The predicted molar refractivity (Wildman–Crippen MR) is 73.8 cm³/mol. The SMILES string of the molecule is CC1(C2CC3(CC3)OC(c3cccc(Br)c3)O2)CO1. The van der Waals surface area contributed by atoms with Gasteiger partial charge in [-0.05, 0) is 31.9 Å². The van der Waals surface area contributed by atoms with Crippen LogP contribution in [0.5, 0.6) is 0 Å². The highest BCUT2D eigenvalue weighted by Crippen LogP contribution is 2.54. The van der Waals surface area contributed by atoms with Crippen LogP contribution in [-0.4, -0.2) is 23.9 Å². The topological polar surface area (TPSA) is 31.0 Å². The Labute approximate surface area is 121 Å². The normalized spacial score (nSPS) is 39.3.